The molecule has 0 radical (unpaired) electrons. The third-order valence-corrected chi connectivity index (χ3v) is 6.61. The average Bonchev–Trinajstić information content (AvgIpc) is 3.30. The summed E-state index contributed by atoms with van der Waals surface area (Å²) in [5.74, 6) is -2.33. The number of carboxylic acids is 1. The Bertz CT molecular complexity index is 1040. The van der Waals surface area contributed by atoms with Crippen LogP contribution < -0.4 is 10.1 Å². The molecule has 33 heavy (non-hydrogen) atoms. The molecule has 3 rings (SSSR count). The Morgan fingerprint density at radius 3 is 2.45 bits per heavy atom. The minimum absolute atomic E-state index is 0.0649. The largest absolute Gasteiger partial charge is 0.573 e. The number of ketones is 1. The van der Waals surface area contributed by atoms with Gasteiger partial charge in [-0.2, -0.15) is 0 Å². The third kappa shape index (κ3) is 6.11. The van der Waals surface area contributed by atoms with Crippen LogP contribution in [0.3, 0.4) is 0 Å². The molecule has 11 heteroatoms. The fourth-order valence-electron chi connectivity index (χ4n) is 3.74. The highest BCUT2D eigenvalue weighted by atomic mass is 32.1. The molecule has 0 bridgehead atoms. The number of carboxylic acid groups (broad SMARTS) is 1. The second kappa shape index (κ2) is 9.92. The Balaban J connectivity index is 1.77. The van der Waals surface area contributed by atoms with Crippen molar-refractivity contribution in [1.29, 1.82) is 0 Å². The van der Waals surface area contributed by atoms with Gasteiger partial charge < -0.3 is 15.2 Å². The maximum Gasteiger partial charge on any atom is 0.573 e. The number of nitrogens with one attached hydrogen (secondary N) is 1. The molecule has 0 aliphatic carbocycles. The quantitative estimate of drug-likeness (QED) is 0.542. The van der Waals surface area contributed by atoms with Crippen LogP contribution in [0.5, 0.6) is 5.75 Å². The zero-order valence-corrected chi connectivity index (χ0v) is 18.8. The number of ether oxygens (including phenoxy) is 1. The average molecular weight is 484 g/mol. The SMILES string of the molecule is CCc1cc(C(=O)c2ccc(OC(F)(F)F)cc2)c(NC(=O)CN2[C@H](C)CC[C@@H]2C(=O)O)s1. The van der Waals surface area contributed by atoms with E-state index in [1.165, 1.54) is 23.5 Å². The van der Waals surface area contributed by atoms with Crippen molar-refractivity contribution in [2.75, 3.05) is 11.9 Å². The molecule has 2 aromatic rings. The lowest BCUT2D eigenvalue weighted by Crippen LogP contribution is -2.44. The summed E-state index contributed by atoms with van der Waals surface area (Å²) >= 11 is 1.23. The van der Waals surface area contributed by atoms with E-state index in [0.717, 1.165) is 17.0 Å². The van der Waals surface area contributed by atoms with Crippen molar-refractivity contribution in [1.82, 2.24) is 4.90 Å². The molecule has 1 aliphatic heterocycles. The van der Waals surface area contributed by atoms with Crippen LogP contribution in [0, 0.1) is 0 Å². The number of aryl methyl sites for hydroxylation is 1. The number of thiophene rings is 1. The van der Waals surface area contributed by atoms with Gasteiger partial charge in [-0.25, -0.2) is 0 Å². The first kappa shape index (κ1) is 24.7. The maximum atomic E-state index is 13.0. The van der Waals surface area contributed by atoms with E-state index in [9.17, 15) is 32.7 Å². The number of aliphatic carboxylic acids is 1. The number of nitrogens with zero attached hydrogens (tertiary/aromatic N) is 1. The van der Waals surface area contributed by atoms with Crippen molar-refractivity contribution in [2.24, 2.45) is 0 Å². The molecule has 2 N–H and O–H groups in total. The molecule has 7 nitrogen and oxygen atoms in total. The van der Waals surface area contributed by atoms with Crippen LogP contribution in [0.15, 0.2) is 30.3 Å². The van der Waals surface area contributed by atoms with Gasteiger partial charge in [-0.1, -0.05) is 6.92 Å². The van der Waals surface area contributed by atoms with Gasteiger partial charge in [-0.05, 0) is 56.5 Å². The smallest absolute Gasteiger partial charge is 0.480 e. The second-order valence-electron chi connectivity index (χ2n) is 7.71. The highest BCUT2D eigenvalue weighted by molar-refractivity contribution is 7.16. The monoisotopic (exact) mass is 484 g/mol. The minimum Gasteiger partial charge on any atom is -0.480 e. The molecule has 1 fully saturated rings. The van der Waals surface area contributed by atoms with Crippen LogP contribution in [0.1, 0.15) is 47.5 Å². The highest BCUT2D eigenvalue weighted by Gasteiger charge is 2.36. The van der Waals surface area contributed by atoms with E-state index < -0.39 is 35.8 Å². The molecule has 2 heterocycles. The standard InChI is InChI=1S/C22H23F3N2O5S/c1-3-15-10-16(19(29)13-5-7-14(8-6-13)32-22(23,24)25)20(33-15)26-18(28)11-27-12(2)4-9-17(27)21(30)31/h5-8,10,12,17H,3-4,9,11H2,1-2H3,(H,26,28)(H,30,31)/t12-,17-/m1/s1. The third-order valence-electron chi connectivity index (χ3n) is 5.41. The molecule has 1 aromatic heterocycles. The molecule has 1 aliphatic rings. The molecule has 1 amide bonds. The summed E-state index contributed by atoms with van der Waals surface area (Å²) in [5.41, 5.74) is 0.360. The van der Waals surface area contributed by atoms with E-state index in [4.69, 9.17) is 0 Å². The van der Waals surface area contributed by atoms with E-state index >= 15 is 0 Å². The van der Waals surface area contributed by atoms with Crippen LogP contribution in [0.25, 0.3) is 0 Å². The number of hydrogen-bond donors (Lipinski definition) is 2. The summed E-state index contributed by atoms with van der Waals surface area (Å²) < 4.78 is 40.9. The number of amides is 1. The second-order valence-corrected chi connectivity index (χ2v) is 8.85. The van der Waals surface area contributed by atoms with Crippen molar-refractivity contribution in [3.63, 3.8) is 0 Å². The van der Waals surface area contributed by atoms with Crippen LogP contribution >= 0.6 is 11.3 Å². The van der Waals surface area contributed by atoms with Gasteiger partial charge in [0.1, 0.15) is 16.8 Å². The normalized spacial score (nSPS) is 18.8. The number of hydrogen-bond acceptors (Lipinski definition) is 6. The van der Waals surface area contributed by atoms with Crippen LogP contribution in [0.2, 0.25) is 0 Å². The number of alkyl halides is 3. The van der Waals surface area contributed by atoms with Crippen molar-refractivity contribution in [3.8, 4) is 5.75 Å². The first-order valence-corrected chi connectivity index (χ1v) is 11.1. The van der Waals surface area contributed by atoms with Gasteiger partial charge in [0.25, 0.3) is 0 Å². The Kier molecular flexibility index (Phi) is 7.43. The molecule has 0 unspecified atom stereocenters. The lowest BCUT2D eigenvalue weighted by molar-refractivity contribution is -0.274. The summed E-state index contributed by atoms with van der Waals surface area (Å²) in [6, 6.07) is 5.38. The number of carbonyl (C=O) groups excluding carboxylic acids is 2. The Morgan fingerprint density at radius 2 is 1.88 bits per heavy atom. The zero-order valence-electron chi connectivity index (χ0n) is 17.9. The lowest BCUT2D eigenvalue weighted by Gasteiger charge is -2.24. The predicted octanol–water partition coefficient (Wildman–Crippen LogP) is 4.32. The van der Waals surface area contributed by atoms with Gasteiger partial charge in [0, 0.05) is 16.5 Å². The molecular weight excluding hydrogens is 461 g/mol. The zero-order chi connectivity index (χ0) is 24.3. The Morgan fingerprint density at radius 1 is 1.21 bits per heavy atom. The fourth-order valence-corrected chi connectivity index (χ4v) is 4.75. The molecular formula is C22H23F3N2O5S. The van der Waals surface area contributed by atoms with Crippen molar-refractivity contribution in [3.05, 3.63) is 46.3 Å². The first-order chi connectivity index (χ1) is 15.5. The summed E-state index contributed by atoms with van der Waals surface area (Å²) in [5, 5.41) is 12.4. The maximum absolute atomic E-state index is 13.0. The van der Waals surface area contributed by atoms with E-state index in [0.29, 0.717) is 24.3 Å². The fraction of sp³-hybridized carbons (Fsp3) is 0.409. The van der Waals surface area contributed by atoms with Crippen molar-refractivity contribution in [2.45, 2.75) is 51.6 Å². The molecule has 1 saturated heterocycles. The van der Waals surface area contributed by atoms with Crippen LogP contribution in [0.4, 0.5) is 18.2 Å². The molecule has 1 aromatic carbocycles. The number of halogens is 3. The number of anilines is 1. The number of rotatable bonds is 8. The van der Waals surface area contributed by atoms with Gasteiger partial charge in [-0.3, -0.25) is 19.3 Å². The van der Waals surface area contributed by atoms with Crippen molar-refractivity contribution < 1.29 is 37.4 Å². The van der Waals surface area contributed by atoms with Crippen LogP contribution in [-0.4, -0.2) is 52.7 Å². The van der Waals surface area contributed by atoms with E-state index in [1.807, 2.05) is 13.8 Å². The van der Waals surface area contributed by atoms with Gasteiger partial charge in [-0.15, -0.1) is 24.5 Å². The summed E-state index contributed by atoms with van der Waals surface area (Å²) in [4.78, 5) is 39.6. The molecule has 0 saturated carbocycles. The van der Waals surface area contributed by atoms with Crippen LogP contribution in [-0.2, 0) is 16.0 Å². The number of likely N-dealkylation sites (tertiary alicyclic amines) is 1. The molecule has 0 spiro atoms. The van der Waals surface area contributed by atoms with Gasteiger partial charge in [0.05, 0.1) is 12.1 Å². The summed E-state index contributed by atoms with van der Waals surface area (Å²) in [6.07, 6.45) is -3.09. The van der Waals surface area contributed by atoms with Gasteiger partial charge in [0.2, 0.25) is 5.91 Å². The Labute approximate surface area is 192 Å². The van der Waals surface area contributed by atoms with E-state index in [1.54, 1.807) is 11.0 Å². The Hall–Kier alpha value is -2.92. The molecule has 2 atom stereocenters. The van der Waals surface area contributed by atoms with E-state index in [2.05, 4.69) is 10.1 Å². The highest BCUT2D eigenvalue weighted by Crippen LogP contribution is 2.32. The van der Waals surface area contributed by atoms with Gasteiger partial charge in [0.15, 0.2) is 5.78 Å². The minimum atomic E-state index is -4.83. The topological polar surface area (TPSA) is 95.9 Å². The predicted molar refractivity (Wildman–Crippen MR) is 116 cm³/mol. The molecule has 178 valence electrons. The van der Waals surface area contributed by atoms with Gasteiger partial charge >= 0.3 is 12.3 Å². The van der Waals surface area contributed by atoms with E-state index in [-0.39, 0.29) is 23.7 Å². The van der Waals surface area contributed by atoms with Crippen molar-refractivity contribution >= 4 is 34.0 Å². The lowest BCUT2D eigenvalue weighted by atomic mass is 10.0. The first-order valence-electron chi connectivity index (χ1n) is 10.3. The number of carbonyl (C=O) groups is 3. The summed E-state index contributed by atoms with van der Waals surface area (Å²) in [7, 11) is 0. The summed E-state index contributed by atoms with van der Waals surface area (Å²) in [6.45, 7) is 3.62. The number of benzene rings is 1.